The minimum atomic E-state index is -0.307. The summed E-state index contributed by atoms with van der Waals surface area (Å²) in [5.74, 6) is 0.731. The van der Waals surface area contributed by atoms with Gasteiger partial charge in [0.15, 0.2) is 5.58 Å². The number of fused-ring (bicyclic) bond motifs is 1. The van der Waals surface area contributed by atoms with Crippen molar-refractivity contribution in [1.29, 1.82) is 0 Å². The van der Waals surface area contributed by atoms with Crippen LogP contribution >= 0.6 is 0 Å². The molecule has 12 nitrogen and oxygen atoms in total. The maximum atomic E-state index is 13.8. The highest BCUT2D eigenvalue weighted by Crippen LogP contribution is 2.30. The molecule has 2 aliphatic heterocycles. The second kappa shape index (κ2) is 10.3. The van der Waals surface area contributed by atoms with Gasteiger partial charge in [-0.25, -0.2) is 9.97 Å². The van der Waals surface area contributed by atoms with Crippen LogP contribution in [0, 0.1) is 0 Å². The quantitative estimate of drug-likeness (QED) is 0.412. The van der Waals surface area contributed by atoms with Crippen molar-refractivity contribution in [3.63, 3.8) is 0 Å². The zero-order chi connectivity index (χ0) is 27.1. The number of likely N-dealkylation sites (N-methyl/N-ethyl adjacent to an activating group) is 1. The number of aromatic nitrogens is 5. The van der Waals surface area contributed by atoms with Crippen molar-refractivity contribution in [3.8, 4) is 11.3 Å². The molecule has 2 saturated heterocycles. The van der Waals surface area contributed by atoms with Gasteiger partial charge in [-0.15, -0.1) is 0 Å². The van der Waals surface area contributed by atoms with Crippen LogP contribution < -0.4 is 15.1 Å². The lowest BCUT2D eigenvalue weighted by Crippen LogP contribution is -2.55. The van der Waals surface area contributed by atoms with Gasteiger partial charge in [-0.1, -0.05) is 6.07 Å². The van der Waals surface area contributed by atoms with Crippen LogP contribution in [-0.2, 0) is 11.8 Å². The number of oxazole rings is 1. The largest absolute Gasteiger partial charge is 0.422 e. The molecule has 6 heterocycles. The topological polar surface area (TPSA) is 118 Å². The summed E-state index contributed by atoms with van der Waals surface area (Å²) < 4.78 is 13.3. The first-order valence-corrected chi connectivity index (χ1v) is 13.2. The molecule has 0 aliphatic carbocycles. The number of hydrogen-bond donors (Lipinski definition) is 1. The smallest absolute Gasteiger partial charge is 0.300 e. The number of piperazine rings is 1. The molecular formula is C27H33N9O3. The van der Waals surface area contributed by atoms with Crippen molar-refractivity contribution in [2.45, 2.75) is 25.9 Å². The van der Waals surface area contributed by atoms with E-state index in [0.29, 0.717) is 72.8 Å². The first-order chi connectivity index (χ1) is 18.9. The van der Waals surface area contributed by atoms with Crippen molar-refractivity contribution < 1.29 is 13.9 Å². The Hall–Kier alpha value is -4.03. The SMILES string of the molecule is CC1CN(c2nc3nc(N4CCOCC4)oc3cc2C(=O)Nc2cccc(-c3cnn(C)c3)n2)CC(C)N1C. The summed E-state index contributed by atoms with van der Waals surface area (Å²) in [6.45, 7) is 8.47. The minimum absolute atomic E-state index is 0.293. The third-order valence-electron chi connectivity index (χ3n) is 7.53. The van der Waals surface area contributed by atoms with E-state index in [1.165, 1.54) is 0 Å². The summed E-state index contributed by atoms with van der Waals surface area (Å²) >= 11 is 0. The number of anilines is 3. The number of aryl methyl sites for hydroxylation is 1. The molecule has 2 fully saturated rings. The molecule has 2 aliphatic rings. The Balaban J connectivity index is 1.36. The average Bonchev–Trinajstić information content (AvgIpc) is 3.57. The molecule has 204 valence electrons. The molecule has 0 aromatic carbocycles. The maximum Gasteiger partial charge on any atom is 0.300 e. The Bertz CT molecular complexity index is 1480. The van der Waals surface area contributed by atoms with Gasteiger partial charge in [-0.05, 0) is 33.0 Å². The second-order valence-corrected chi connectivity index (χ2v) is 10.3. The van der Waals surface area contributed by atoms with Gasteiger partial charge in [-0.3, -0.25) is 14.4 Å². The van der Waals surface area contributed by atoms with Gasteiger partial charge >= 0.3 is 0 Å². The molecule has 0 bridgehead atoms. The maximum absolute atomic E-state index is 13.8. The van der Waals surface area contributed by atoms with E-state index < -0.39 is 0 Å². The van der Waals surface area contributed by atoms with Gasteiger partial charge in [0.2, 0.25) is 5.65 Å². The average molecular weight is 532 g/mol. The third kappa shape index (κ3) is 5.04. The van der Waals surface area contributed by atoms with Crippen LogP contribution in [-0.4, -0.2) is 94.1 Å². The molecule has 2 unspecified atom stereocenters. The van der Waals surface area contributed by atoms with Crippen LogP contribution in [0.2, 0.25) is 0 Å². The van der Waals surface area contributed by atoms with E-state index in [4.69, 9.17) is 14.1 Å². The number of ether oxygens (including phenoxy) is 1. The van der Waals surface area contributed by atoms with E-state index >= 15 is 0 Å². The van der Waals surface area contributed by atoms with E-state index in [-0.39, 0.29) is 5.91 Å². The number of nitrogens with one attached hydrogen (secondary N) is 1. The van der Waals surface area contributed by atoms with Crippen molar-refractivity contribution >= 4 is 34.8 Å². The minimum Gasteiger partial charge on any atom is -0.422 e. The van der Waals surface area contributed by atoms with Crippen LogP contribution in [0.5, 0.6) is 0 Å². The summed E-state index contributed by atoms with van der Waals surface area (Å²) in [4.78, 5) is 34.5. The fraction of sp³-hybridized carbons (Fsp3) is 0.444. The monoisotopic (exact) mass is 531 g/mol. The summed E-state index contributed by atoms with van der Waals surface area (Å²) in [6, 6.07) is 8.36. The van der Waals surface area contributed by atoms with Crippen LogP contribution in [0.4, 0.5) is 17.7 Å². The number of pyridine rings is 2. The predicted molar refractivity (Wildman–Crippen MR) is 148 cm³/mol. The van der Waals surface area contributed by atoms with Crippen LogP contribution in [0.25, 0.3) is 22.5 Å². The Morgan fingerprint density at radius 2 is 1.79 bits per heavy atom. The Morgan fingerprint density at radius 1 is 1.03 bits per heavy atom. The van der Waals surface area contributed by atoms with Gasteiger partial charge in [-0.2, -0.15) is 10.1 Å². The van der Waals surface area contributed by atoms with Gasteiger partial charge in [0.1, 0.15) is 11.6 Å². The molecule has 0 spiro atoms. The number of hydrogen-bond acceptors (Lipinski definition) is 10. The normalized spacial score (nSPS) is 20.5. The van der Waals surface area contributed by atoms with Crippen LogP contribution in [0.1, 0.15) is 24.2 Å². The fourth-order valence-corrected chi connectivity index (χ4v) is 5.12. The zero-order valence-corrected chi connectivity index (χ0v) is 22.7. The van der Waals surface area contributed by atoms with Crippen molar-refractivity contribution in [2.24, 2.45) is 7.05 Å². The second-order valence-electron chi connectivity index (χ2n) is 10.3. The van der Waals surface area contributed by atoms with Gasteiger partial charge in [0.25, 0.3) is 11.9 Å². The van der Waals surface area contributed by atoms with E-state index in [9.17, 15) is 4.79 Å². The standard InChI is InChI=1S/C27H33N9O3/c1-17-14-36(15-18(2)34(17)4)25-20(12-22-24(31-25)32-27(39-22)35-8-10-38-11-9-35)26(37)30-23-7-5-6-21(29-23)19-13-28-33(3)16-19/h5-7,12-13,16-18H,8-11,14-15H2,1-4H3,(H,29,30,37). The van der Waals surface area contributed by atoms with Crippen molar-refractivity contribution in [1.82, 2.24) is 29.6 Å². The van der Waals surface area contributed by atoms with Crippen molar-refractivity contribution in [2.75, 3.05) is 61.6 Å². The van der Waals surface area contributed by atoms with E-state index in [0.717, 1.165) is 24.3 Å². The molecule has 2 atom stereocenters. The molecule has 0 saturated carbocycles. The number of carbonyl (C=O) groups is 1. The molecule has 4 aromatic heterocycles. The lowest BCUT2D eigenvalue weighted by molar-refractivity contribution is 0.102. The first kappa shape index (κ1) is 25.3. The Morgan fingerprint density at radius 3 is 2.51 bits per heavy atom. The highest BCUT2D eigenvalue weighted by Gasteiger charge is 2.31. The number of morpholine rings is 1. The summed E-state index contributed by atoms with van der Waals surface area (Å²) in [5.41, 5.74) is 2.97. The molecule has 4 aromatic rings. The zero-order valence-electron chi connectivity index (χ0n) is 22.7. The van der Waals surface area contributed by atoms with E-state index in [2.05, 4.69) is 51.1 Å². The fourth-order valence-electron chi connectivity index (χ4n) is 5.12. The predicted octanol–water partition coefficient (Wildman–Crippen LogP) is 2.64. The summed E-state index contributed by atoms with van der Waals surface area (Å²) in [6.07, 6.45) is 3.63. The third-order valence-corrected chi connectivity index (χ3v) is 7.53. The number of carbonyl (C=O) groups excluding carboxylic acids is 1. The molecule has 12 heteroatoms. The highest BCUT2D eigenvalue weighted by molar-refractivity contribution is 6.08. The first-order valence-electron chi connectivity index (χ1n) is 13.2. The number of amides is 1. The molecule has 0 radical (unpaired) electrons. The number of nitrogens with zero attached hydrogens (tertiary/aromatic N) is 8. The Kier molecular flexibility index (Phi) is 6.65. The Labute approximate surface area is 226 Å². The summed E-state index contributed by atoms with van der Waals surface area (Å²) in [7, 11) is 3.98. The number of rotatable bonds is 5. The molecular weight excluding hydrogens is 498 g/mol. The van der Waals surface area contributed by atoms with Gasteiger partial charge in [0, 0.05) is 63.1 Å². The van der Waals surface area contributed by atoms with E-state index in [1.807, 2.05) is 30.3 Å². The van der Waals surface area contributed by atoms with Crippen molar-refractivity contribution in [3.05, 3.63) is 42.2 Å². The van der Waals surface area contributed by atoms with Crippen LogP contribution in [0.3, 0.4) is 0 Å². The van der Waals surface area contributed by atoms with E-state index in [1.54, 1.807) is 23.0 Å². The molecule has 1 amide bonds. The lowest BCUT2D eigenvalue weighted by atomic mass is 10.1. The van der Waals surface area contributed by atoms with Crippen LogP contribution in [0.15, 0.2) is 41.1 Å². The lowest BCUT2D eigenvalue weighted by Gasteiger charge is -2.43. The molecule has 39 heavy (non-hydrogen) atoms. The molecule has 1 N–H and O–H groups in total. The summed E-state index contributed by atoms with van der Waals surface area (Å²) in [5, 5.41) is 7.20. The van der Waals surface area contributed by atoms with Gasteiger partial charge < -0.3 is 24.3 Å². The van der Waals surface area contributed by atoms with Gasteiger partial charge in [0.05, 0.1) is 30.7 Å². The highest BCUT2D eigenvalue weighted by atomic mass is 16.5. The molecule has 6 rings (SSSR count).